The van der Waals surface area contributed by atoms with Crippen LogP contribution in [0, 0.1) is 0 Å². The van der Waals surface area contributed by atoms with Crippen molar-refractivity contribution < 1.29 is 19.1 Å². The third kappa shape index (κ3) is 3.07. The molecule has 2 aromatic rings. The summed E-state index contributed by atoms with van der Waals surface area (Å²) < 4.78 is 4.94. The number of aromatic carboxylic acids is 1. The molecule has 1 aromatic carbocycles. The summed E-state index contributed by atoms with van der Waals surface area (Å²) >= 11 is 11.3. The minimum Gasteiger partial charge on any atom is -0.478 e. The van der Waals surface area contributed by atoms with E-state index in [4.69, 9.17) is 32.7 Å². The van der Waals surface area contributed by atoms with Crippen molar-refractivity contribution in [3.63, 3.8) is 0 Å². The van der Waals surface area contributed by atoms with E-state index in [0.717, 1.165) is 0 Å². The van der Waals surface area contributed by atoms with Crippen LogP contribution < -0.4 is 5.32 Å². The predicted octanol–water partition coefficient (Wildman–Crippen LogP) is 3.54. The Hall–Kier alpha value is -1.98. The highest BCUT2D eigenvalue weighted by Crippen LogP contribution is 2.22. The molecule has 0 aliphatic rings. The number of nitrogens with one attached hydrogen (secondary N) is 1. The van der Waals surface area contributed by atoms with Crippen molar-refractivity contribution in [2.75, 3.05) is 5.32 Å². The smallest absolute Gasteiger partial charge is 0.337 e. The van der Waals surface area contributed by atoms with E-state index in [0.29, 0.717) is 5.69 Å². The lowest BCUT2D eigenvalue weighted by atomic mass is 10.2. The maximum Gasteiger partial charge on any atom is 0.337 e. The molecular formula is C12H7Cl2NO4. The highest BCUT2D eigenvalue weighted by molar-refractivity contribution is 6.33. The molecular weight excluding hydrogens is 293 g/mol. The van der Waals surface area contributed by atoms with Gasteiger partial charge in [0, 0.05) is 5.69 Å². The minimum atomic E-state index is -1.14. The first-order chi connectivity index (χ1) is 8.97. The molecule has 1 amide bonds. The number of amides is 1. The third-order valence-electron chi connectivity index (χ3n) is 2.25. The molecule has 98 valence electrons. The number of furan rings is 1. The van der Waals surface area contributed by atoms with E-state index in [9.17, 15) is 9.59 Å². The first kappa shape index (κ1) is 13.5. The molecule has 0 unspecified atom stereocenters. The Morgan fingerprint density at radius 3 is 2.42 bits per heavy atom. The quantitative estimate of drug-likeness (QED) is 0.908. The summed E-state index contributed by atoms with van der Waals surface area (Å²) in [6, 6.07) is 6.93. The molecule has 0 fully saturated rings. The van der Waals surface area contributed by atoms with Crippen molar-refractivity contribution in [1.82, 2.24) is 0 Å². The standard InChI is InChI=1S/C12H7Cl2NO4/c13-8-5-6(1-2-7(8)12(17)18)15-11(16)9-3-4-10(14)19-9/h1-5H,(H,15,16)(H,17,18). The molecule has 0 spiro atoms. The number of carboxylic acids is 1. The van der Waals surface area contributed by atoms with E-state index in [1.807, 2.05) is 0 Å². The Morgan fingerprint density at radius 1 is 1.16 bits per heavy atom. The third-order valence-corrected chi connectivity index (χ3v) is 2.77. The van der Waals surface area contributed by atoms with E-state index in [-0.39, 0.29) is 21.6 Å². The first-order valence-corrected chi connectivity index (χ1v) is 5.82. The average molecular weight is 300 g/mol. The number of rotatable bonds is 3. The Balaban J connectivity index is 2.18. The van der Waals surface area contributed by atoms with Crippen molar-refractivity contribution in [3.8, 4) is 0 Å². The van der Waals surface area contributed by atoms with Crippen molar-refractivity contribution in [1.29, 1.82) is 0 Å². The van der Waals surface area contributed by atoms with Crippen LogP contribution in [0.25, 0.3) is 0 Å². The molecule has 1 aromatic heterocycles. The first-order valence-electron chi connectivity index (χ1n) is 5.07. The van der Waals surface area contributed by atoms with Crippen molar-refractivity contribution in [3.05, 3.63) is 51.9 Å². The normalized spacial score (nSPS) is 10.2. The zero-order valence-corrected chi connectivity index (χ0v) is 10.8. The van der Waals surface area contributed by atoms with E-state index in [1.165, 1.54) is 30.3 Å². The summed E-state index contributed by atoms with van der Waals surface area (Å²) in [5.41, 5.74) is 0.313. The van der Waals surface area contributed by atoms with Crippen LogP contribution in [0.15, 0.2) is 34.7 Å². The van der Waals surface area contributed by atoms with Gasteiger partial charge in [0.15, 0.2) is 11.0 Å². The van der Waals surface area contributed by atoms with E-state index in [2.05, 4.69) is 5.32 Å². The summed E-state index contributed by atoms with van der Waals surface area (Å²) in [7, 11) is 0. The second-order valence-electron chi connectivity index (χ2n) is 3.56. The maximum atomic E-state index is 11.7. The Labute approximate surface area is 117 Å². The molecule has 0 aliphatic heterocycles. The lowest BCUT2D eigenvalue weighted by molar-refractivity contribution is 0.0697. The summed E-state index contributed by atoms with van der Waals surface area (Å²) in [6.45, 7) is 0. The number of carboxylic acid groups (broad SMARTS) is 1. The van der Waals surface area contributed by atoms with Crippen LogP contribution >= 0.6 is 23.2 Å². The van der Waals surface area contributed by atoms with E-state index < -0.39 is 11.9 Å². The zero-order valence-electron chi connectivity index (χ0n) is 9.31. The number of carbonyl (C=O) groups excluding carboxylic acids is 1. The number of benzene rings is 1. The Morgan fingerprint density at radius 2 is 1.89 bits per heavy atom. The van der Waals surface area contributed by atoms with Gasteiger partial charge in [-0.25, -0.2) is 4.79 Å². The molecule has 1 heterocycles. The molecule has 19 heavy (non-hydrogen) atoms. The van der Waals surface area contributed by atoms with Gasteiger partial charge in [-0.15, -0.1) is 0 Å². The van der Waals surface area contributed by atoms with Crippen LogP contribution in [-0.4, -0.2) is 17.0 Å². The van der Waals surface area contributed by atoms with E-state index >= 15 is 0 Å². The van der Waals surface area contributed by atoms with Gasteiger partial charge in [0.25, 0.3) is 5.91 Å². The summed E-state index contributed by atoms with van der Waals surface area (Å²) in [5, 5.41) is 11.5. The van der Waals surface area contributed by atoms with Gasteiger partial charge in [-0.2, -0.15) is 0 Å². The van der Waals surface area contributed by atoms with Crippen LogP contribution in [-0.2, 0) is 0 Å². The largest absolute Gasteiger partial charge is 0.478 e. The monoisotopic (exact) mass is 299 g/mol. The lowest BCUT2D eigenvalue weighted by Crippen LogP contribution is -2.11. The molecule has 2 N–H and O–H groups in total. The molecule has 0 saturated carbocycles. The highest BCUT2D eigenvalue weighted by Gasteiger charge is 2.13. The van der Waals surface area contributed by atoms with Crippen LogP contribution in [0.4, 0.5) is 5.69 Å². The molecule has 7 heteroatoms. The fourth-order valence-electron chi connectivity index (χ4n) is 1.40. The number of halogens is 2. The van der Waals surface area contributed by atoms with Gasteiger partial charge >= 0.3 is 5.97 Å². The second kappa shape index (κ2) is 5.34. The fraction of sp³-hybridized carbons (Fsp3) is 0. The van der Waals surface area contributed by atoms with Crippen molar-refractivity contribution in [2.24, 2.45) is 0 Å². The Kier molecular flexibility index (Phi) is 3.78. The van der Waals surface area contributed by atoms with Gasteiger partial charge in [0.1, 0.15) is 0 Å². The van der Waals surface area contributed by atoms with Crippen LogP contribution in [0.3, 0.4) is 0 Å². The predicted molar refractivity (Wildman–Crippen MR) is 70.1 cm³/mol. The number of anilines is 1. The maximum absolute atomic E-state index is 11.7. The number of hydrogen-bond acceptors (Lipinski definition) is 3. The zero-order chi connectivity index (χ0) is 14.0. The summed E-state index contributed by atoms with van der Waals surface area (Å²) in [6.07, 6.45) is 0. The molecule has 0 aliphatic carbocycles. The van der Waals surface area contributed by atoms with Gasteiger partial charge in [0.2, 0.25) is 0 Å². The van der Waals surface area contributed by atoms with E-state index in [1.54, 1.807) is 0 Å². The van der Waals surface area contributed by atoms with Gasteiger partial charge in [-0.1, -0.05) is 11.6 Å². The molecule has 5 nitrogen and oxygen atoms in total. The topological polar surface area (TPSA) is 79.5 Å². The molecule has 0 radical (unpaired) electrons. The SMILES string of the molecule is O=C(Nc1ccc(C(=O)O)c(Cl)c1)c1ccc(Cl)o1. The van der Waals surface area contributed by atoms with Crippen molar-refractivity contribution >= 4 is 40.8 Å². The minimum absolute atomic E-state index is 0.0303. The molecule has 0 saturated heterocycles. The van der Waals surface area contributed by atoms with Crippen LogP contribution in [0.2, 0.25) is 10.2 Å². The highest BCUT2D eigenvalue weighted by atomic mass is 35.5. The van der Waals surface area contributed by atoms with Gasteiger partial charge in [-0.05, 0) is 41.9 Å². The van der Waals surface area contributed by atoms with Gasteiger partial charge in [0.05, 0.1) is 10.6 Å². The molecule has 0 atom stereocenters. The number of hydrogen-bond donors (Lipinski definition) is 2. The Bertz CT molecular complexity index is 651. The van der Waals surface area contributed by atoms with Gasteiger partial charge in [-0.3, -0.25) is 4.79 Å². The average Bonchev–Trinajstić information content (AvgIpc) is 2.75. The summed E-state index contributed by atoms with van der Waals surface area (Å²) in [5.74, 6) is -1.60. The van der Waals surface area contributed by atoms with Gasteiger partial charge < -0.3 is 14.8 Å². The second-order valence-corrected chi connectivity index (χ2v) is 4.34. The summed E-state index contributed by atoms with van der Waals surface area (Å²) in [4.78, 5) is 22.5. The fourth-order valence-corrected chi connectivity index (χ4v) is 1.80. The molecule has 0 bridgehead atoms. The van der Waals surface area contributed by atoms with Crippen LogP contribution in [0.5, 0.6) is 0 Å². The lowest BCUT2D eigenvalue weighted by Gasteiger charge is -2.05. The van der Waals surface area contributed by atoms with Crippen molar-refractivity contribution in [2.45, 2.75) is 0 Å². The number of carbonyl (C=O) groups is 2. The van der Waals surface area contributed by atoms with Crippen LogP contribution in [0.1, 0.15) is 20.9 Å². The molecule has 2 rings (SSSR count).